The lowest BCUT2D eigenvalue weighted by Crippen LogP contribution is -2.43. The van der Waals surface area contributed by atoms with Crippen molar-refractivity contribution >= 4 is 34.9 Å². The molecule has 15 nitrogen and oxygen atoms in total. The number of phenolic OH excluding ortho intramolecular Hbond substituents is 1. The fraction of sp³-hybridized carbons (Fsp3) is 0.359. The minimum absolute atomic E-state index is 0.0169. The summed E-state index contributed by atoms with van der Waals surface area (Å²) >= 11 is 0. The molecule has 1 aliphatic heterocycles. The lowest BCUT2D eigenvalue weighted by atomic mass is 9.91. The molecule has 5 unspecified atom stereocenters. The molecule has 8 N–H and O–H groups in total. The van der Waals surface area contributed by atoms with Gasteiger partial charge in [0.1, 0.15) is 18.0 Å². The number of carbonyl (C=O) groups is 2. The van der Waals surface area contributed by atoms with E-state index in [2.05, 4.69) is 45.5 Å². The molecule has 1 saturated heterocycles. The van der Waals surface area contributed by atoms with Crippen LogP contribution in [0.1, 0.15) is 47.9 Å². The van der Waals surface area contributed by atoms with Crippen LogP contribution in [-0.4, -0.2) is 102 Å². The monoisotopic (exact) mass is 735 g/mol. The van der Waals surface area contributed by atoms with Gasteiger partial charge in [0.2, 0.25) is 11.9 Å². The van der Waals surface area contributed by atoms with Gasteiger partial charge in [0.15, 0.2) is 17.0 Å². The highest BCUT2D eigenvalue weighted by molar-refractivity contribution is 5.85. The summed E-state index contributed by atoms with van der Waals surface area (Å²) in [5, 5.41) is 53.2. The van der Waals surface area contributed by atoms with Crippen LogP contribution in [0.25, 0.3) is 11.2 Å². The van der Waals surface area contributed by atoms with Crippen LogP contribution < -0.4 is 26.2 Å². The van der Waals surface area contributed by atoms with E-state index in [9.17, 15) is 30.0 Å². The third-order valence-corrected chi connectivity index (χ3v) is 10.2. The Hall–Kier alpha value is -5.77. The maximum atomic E-state index is 12.8. The van der Waals surface area contributed by atoms with E-state index < -0.39 is 30.2 Å². The van der Waals surface area contributed by atoms with E-state index in [0.29, 0.717) is 49.0 Å². The number of nitrogens with zero attached hydrogens (tertiary/aromatic N) is 5. The molecule has 54 heavy (non-hydrogen) atoms. The van der Waals surface area contributed by atoms with Crippen LogP contribution in [0.3, 0.4) is 0 Å². The number of aromatic hydroxyl groups is 1. The molecule has 3 heterocycles. The largest absolute Gasteiger partial charge is 0.508 e. The zero-order chi connectivity index (χ0) is 37.6. The maximum Gasteiger partial charge on any atom is 0.315 e. The highest BCUT2D eigenvalue weighted by Crippen LogP contribution is 2.35. The smallest absolute Gasteiger partial charge is 0.315 e. The molecule has 0 radical (unpaired) electrons. The van der Waals surface area contributed by atoms with Gasteiger partial charge in [-0.1, -0.05) is 72.8 Å². The summed E-state index contributed by atoms with van der Waals surface area (Å²) < 4.78 is 1.73. The number of hydrogen-bond acceptors (Lipinski definition) is 11. The van der Waals surface area contributed by atoms with Crippen molar-refractivity contribution < 1.29 is 30.0 Å². The fourth-order valence-corrected chi connectivity index (χ4v) is 7.36. The normalized spacial score (nSPS) is 21.0. The molecule has 282 valence electrons. The van der Waals surface area contributed by atoms with Crippen molar-refractivity contribution in [1.29, 1.82) is 0 Å². The van der Waals surface area contributed by atoms with E-state index in [1.165, 1.54) is 0 Å². The van der Waals surface area contributed by atoms with E-state index in [-0.39, 0.29) is 49.7 Å². The highest BCUT2D eigenvalue weighted by atomic mass is 16.3. The Balaban J connectivity index is 1.15. The first-order valence-corrected chi connectivity index (χ1v) is 18.2. The molecule has 0 bridgehead atoms. The lowest BCUT2D eigenvalue weighted by molar-refractivity contribution is -0.123. The van der Waals surface area contributed by atoms with Gasteiger partial charge in [-0.05, 0) is 41.7 Å². The van der Waals surface area contributed by atoms with E-state index >= 15 is 0 Å². The van der Waals surface area contributed by atoms with E-state index in [0.717, 1.165) is 16.7 Å². The molecule has 1 aliphatic carbocycles. The SMILES string of the molecule is O=C(CCO)NC1CC(n2cnc3c(NCC(c4ccccc4)c4ccccc4)nc(N4CCC(NC(=O)NCc5cccc(O)c5)C4)nc32)C(O)C1O. The van der Waals surface area contributed by atoms with Gasteiger partial charge in [0.25, 0.3) is 0 Å². The van der Waals surface area contributed by atoms with Gasteiger partial charge in [-0.2, -0.15) is 9.97 Å². The number of urea groups is 1. The van der Waals surface area contributed by atoms with Crippen LogP contribution in [0.15, 0.2) is 91.3 Å². The molecule has 2 aromatic heterocycles. The molecule has 5 aromatic rings. The topological polar surface area (TPSA) is 210 Å². The Morgan fingerprint density at radius 3 is 2.35 bits per heavy atom. The summed E-state index contributed by atoms with van der Waals surface area (Å²) in [5.41, 5.74) is 3.95. The molecule has 2 aliphatic rings. The number of amides is 3. The number of aliphatic hydroxyl groups excluding tert-OH is 3. The summed E-state index contributed by atoms with van der Waals surface area (Å²) in [5.74, 6) is 0.598. The Labute approximate surface area is 312 Å². The number of benzene rings is 3. The lowest BCUT2D eigenvalue weighted by Gasteiger charge is -2.22. The van der Waals surface area contributed by atoms with Gasteiger partial charge < -0.3 is 51.2 Å². The molecule has 15 heteroatoms. The van der Waals surface area contributed by atoms with Crippen LogP contribution in [0.4, 0.5) is 16.6 Å². The Kier molecular flexibility index (Phi) is 11.2. The first-order chi connectivity index (χ1) is 26.3. The summed E-state index contributed by atoms with van der Waals surface area (Å²) in [7, 11) is 0. The summed E-state index contributed by atoms with van der Waals surface area (Å²) in [6.07, 6.45) is -0.141. The number of rotatable bonds is 13. The van der Waals surface area contributed by atoms with E-state index in [1.807, 2.05) is 47.4 Å². The molecular weight excluding hydrogens is 690 g/mol. The maximum absolute atomic E-state index is 12.8. The molecule has 5 atom stereocenters. The Bertz CT molecular complexity index is 2010. The minimum Gasteiger partial charge on any atom is -0.508 e. The van der Waals surface area contributed by atoms with Gasteiger partial charge in [-0.25, -0.2) is 9.78 Å². The number of fused-ring (bicyclic) bond motifs is 1. The second-order valence-corrected chi connectivity index (χ2v) is 13.8. The average Bonchev–Trinajstić information content (AvgIpc) is 3.90. The van der Waals surface area contributed by atoms with Crippen LogP contribution in [0.5, 0.6) is 5.75 Å². The van der Waals surface area contributed by atoms with Gasteiger partial charge in [0.05, 0.1) is 25.0 Å². The molecule has 3 amide bonds. The van der Waals surface area contributed by atoms with Crippen molar-refractivity contribution in [3.05, 3.63) is 108 Å². The Morgan fingerprint density at radius 1 is 0.907 bits per heavy atom. The van der Waals surface area contributed by atoms with Crippen molar-refractivity contribution in [2.24, 2.45) is 0 Å². The average molecular weight is 736 g/mol. The van der Waals surface area contributed by atoms with E-state index in [4.69, 9.17) is 15.0 Å². The van der Waals surface area contributed by atoms with Crippen molar-refractivity contribution in [1.82, 2.24) is 35.5 Å². The minimum atomic E-state index is -1.24. The number of imidazole rings is 1. The van der Waals surface area contributed by atoms with E-state index in [1.54, 1.807) is 29.1 Å². The van der Waals surface area contributed by atoms with Crippen LogP contribution in [-0.2, 0) is 11.3 Å². The van der Waals surface area contributed by atoms with Crippen molar-refractivity contribution in [3.8, 4) is 5.75 Å². The summed E-state index contributed by atoms with van der Waals surface area (Å²) in [4.78, 5) is 41.7. The fourth-order valence-electron chi connectivity index (χ4n) is 7.36. The molecule has 2 fully saturated rings. The molecule has 1 saturated carbocycles. The zero-order valence-corrected chi connectivity index (χ0v) is 29.6. The zero-order valence-electron chi connectivity index (χ0n) is 29.6. The second-order valence-electron chi connectivity index (χ2n) is 13.8. The summed E-state index contributed by atoms with van der Waals surface area (Å²) in [6, 6.07) is 25.2. The Morgan fingerprint density at radius 2 is 1.65 bits per heavy atom. The quantitative estimate of drug-likeness (QED) is 0.0881. The third-order valence-electron chi connectivity index (χ3n) is 10.2. The first kappa shape index (κ1) is 36.6. The first-order valence-electron chi connectivity index (χ1n) is 18.2. The third kappa shape index (κ3) is 8.23. The number of aliphatic hydroxyl groups is 3. The number of aromatic nitrogens is 4. The molecule has 0 spiro atoms. The van der Waals surface area contributed by atoms with Crippen molar-refractivity contribution in [2.45, 2.75) is 62.1 Å². The predicted molar refractivity (Wildman–Crippen MR) is 202 cm³/mol. The van der Waals surface area contributed by atoms with Gasteiger partial charge in [0, 0.05) is 44.6 Å². The number of hydrogen-bond donors (Lipinski definition) is 8. The van der Waals surface area contributed by atoms with Crippen molar-refractivity contribution in [3.63, 3.8) is 0 Å². The predicted octanol–water partition coefficient (Wildman–Crippen LogP) is 2.39. The second kappa shape index (κ2) is 16.5. The van der Waals surface area contributed by atoms with Gasteiger partial charge in [-0.3, -0.25) is 4.79 Å². The molecule has 3 aromatic carbocycles. The standard InChI is InChI=1S/C39H45N9O6/c49-17-15-32(51)44-30-19-31(35(53)34(30)52)48-23-42-33-36(40-21-29(25-9-3-1-4-10-25)26-11-5-2-6-12-26)45-38(46-37(33)48)47-16-14-27(22-47)43-39(54)41-20-24-8-7-13-28(50)18-24/h1-13,18,23,27,29-31,34-35,49-50,52-53H,14-17,19-22H2,(H,44,51)(H,40,45,46)(H2,41,43,54). The van der Waals surface area contributed by atoms with Crippen LogP contribution in [0, 0.1) is 0 Å². The summed E-state index contributed by atoms with van der Waals surface area (Å²) in [6.45, 7) is 1.43. The highest BCUT2D eigenvalue weighted by Gasteiger charge is 2.44. The van der Waals surface area contributed by atoms with Crippen LogP contribution >= 0.6 is 0 Å². The van der Waals surface area contributed by atoms with Crippen molar-refractivity contribution in [2.75, 3.05) is 36.5 Å². The van der Waals surface area contributed by atoms with Gasteiger partial charge in [-0.15, -0.1) is 0 Å². The number of carbonyl (C=O) groups excluding carboxylic acids is 2. The number of nitrogens with one attached hydrogen (secondary N) is 4. The number of phenols is 1. The molecule has 7 rings (SSSR count). The van der Waals surface area contributed by atoms with Gasteiger partial charge >= 0.3 is 6.03 Å². The van der Waals surface area contributed by atoms with Crippen LogP contribution in [0.2, 0.25) is 0 Å². The molecular formula is C39H45N9O6. The number of anilines is 2.